The van der Waals surface area contributed by atoms with Gasteiger partial charge in [-0.25, -0.2) is 0 Å². The van der Waals surface area contributed by atoms with Gasteiger partial charge in [-0.2, -0.15) is 0 Å². The van der Waals surface area contributed by atoms with Crippen LogP contribution < -0.4 is 5.32 Å². The fourth-order valence-electron chi connectivity index (χ4n) is 3.48. The van der Waals surface area contributed by atoms with Crippen LogP contribution in [0.2, 0.25) is 0 Å². The van der Waals surface area contributed by atoms with E-state index in [4.69, 9.17) is 5.11 Å². The quantitative estimate of drug-likeness (QED) is 0.799. The Labute approximate surface area is 144 Å². The minimum Gasteiger partial charge on any atom is -0.481 e. The van der Waals surface area contributed by atoms with Crippen molar-refractivity contribution in [2.24, 2.45) is 11.8 Å². The van der Waals surface area contributed by atoms with Gasteiger partial charge in [0.15, 0.2) is 0 Å². The van der Waals surface area contributed by atoms with Gasteiger partial charge in [-0.3, -0.25) is 9.59 Å². The van der Waals surface area contributed by atoms with Gasteiger partial charge in [0.2, 0.25) is 5.91 Å². The second-order valence-corrected chi connectivity index (χ2v) is 7.05. The Hall–Kier alpha value is -1.84. The molecule has 0 aromatic heterocycles. The van der Waals surface area contributed by atoms with Crippen LogP contribution in [0.5, 0.6) is 0 Å². The molecule has 0 saturated heterocycles. The van der Waals surface area contributed by atoms with Gasteiger partial charge in [0.25, 0.3) is 0 Å². The number of aryl methyl sites for hydroxylation is 1. The van der Waals surface area contributed by atoms with Crippen LogP contribution in [0, 0.1) is 11.8 Å². The lowest BCUT2D eigenvalue weighted by Gasteiger charge is -2.28. The molecule has 1 aliphatic carbocycles. The second kappa shape index (κ2) is 8.86. The Balaban J connectivity index is 1.75. The van der Waals surface area contributed by atoms with Crippen LogP contribution in [-0.2, 0) is 16.0 Å². The van der Waals surface area contributed by atoms with Crippen molar-refractivity contribution in [3.63, 3.8) is 0 Å². The second-order valence-electron chi connectivity index (χ2n) is 7.05. The fourth-order valence-corrected chi connectivity index (χ4v) is 3.48. The van der Waals surface area contributed by atoms with Gasteiger partial charge < -0.3 is 10.4 Å². The number of carbonyl (C=O) groups is 2. The molecule has 4 nitrogen and oxygen atoms in total. The van der Waals surface area contributed by atoms with E-state index in [1.807, 2.05) is 19.1 Å². The highest BCUT2D eigenvalue weighted by atomic mass is 16.4. The maximum atomic E-state index is 12.4. The molecule has 2 rings (SSSR count). The number of rotatable bonds is 7. The lowest BCUT2D eigenvalue weighted by atomic mass is 9.80. The molecule has 0 radical (unpaired) electrons. The Morgan fingerprint density at radius 2 is 1.71 bits per heavy atom. The van der Waals surface area contributed by atoms with Crippen LogP contribution >= 0.6 is 0 Å². The average Bonchev–Trinajstić information content (AvgIpc) is 2.60. The highest BCUT2D eigenvalue weighted by Gasteiger charge is 2.24. The molecule has 0 aliphatic heterocycles. The average molecular weight is 331 g/mol. The van der Waals surface area contributed by atoms with Crippen LogP contribution in [0.3, 0.4) is 0 Å². The molecule has 2 N–H and O–H groups in total. The molecule has 1 aromatic carbocycles. The van der Waals surface area contributed by atoms with Crippen molar-refractivity contribution >= 4 is 11.9 Å². The monoisotopic (exact) mass is 331 g/mol. The van der Waals surface area contributed by atoms with Crippen molar-refractivity contribution in [2.75, 3.05) is 6.54 Å². The van der Waals surface area contributed by atoms with Gasteiger partial charge in [-0.1, -0.05) is 31.2 Å². The molecule has 1 aromatic rings. The molecule has 132 valence electrons. The zero-order chi connectivity index (χ0) is 17.5. The number of carbonyl (C=O) groups excluding carboxylic acids is 1. The maximum Gasteiger partial charge on any atom is 0.303 e. The first-order valence-corrected chi connectivity index (χ1v) is 9.08. The lowest BCUT2D eigenvalue weighted by Crippen LogP contribution is -2.34. The Morgan fingerprint density at radius 3 is 2.25 bits per heavy atom. The molecule has 0 bridgehead atoms. The normalized spacial score (nSPS) is 21.9. The summed E-state index contributed by atoms with van der Waals surface area (Å²) in [4.78, 5) is 23.1. The van der Waals surface area contributed by atoms with Gasteiger partial charge >= 0.3 is 5.97 Å². The number of nitrogens with one attached hydrogen (secondary N) is 1. The Bertz CT molecular complexity index is 545. The Kier molecular flexibility index (Phi) is 6.83. The van der Waals surface area contributed by atoms with Gasteiger partial charge in [0.1, 0.15) is 0 Å². The SMILES string of the molecule is CCc1ccc(C(C)C(=O)NCC2CCC(CC(=O)O)CC2)cc1. The van der Waals surface area contributed by atoms with Crippen LogP contribution in [0.1, 0.15) is 63.0 Å². The molecule has 1 amide bonds. The minimum absolute atomic E-state index is 0.0758. The maximum absolute atomic E-state index is 12.4. The van der Waals surface area contributed by atoms with Gasteiger partial charge in [-0.05, 0) is 62.0 Å². The van der Waals surface area contributed by atoms with Crippen LogP contribution in [0.15, 0.2) is 24.3 Å². The molecule has 0 heterocycles. The van der Waals surface area contributed by atoms with Crippen LogP contribution in [-0.4, -0.2) is 23.5 Å². The first-order chi connectivity index (χ1) is 11.5. The summed E-state index contributed by atoms with van der Waals surface area (Å²) in [6, 6.07) is 8.26. The molecule has 1 fully saturated rings. The molecule has 1 unspecified atom stereocenters. The summed E-state index contributed by atoms with van der Waals surface area (Å²) >= 11 is 0. The largest absolute Gasteiger partial charge is 0.481 e. The number of aliphatic carboxylic acids is 1. The van der Waals surface area contributed by atoms with E-state index < -0.39 is 5.97 Å². The summed E-state index contributed by atoms with van der Waals surface area (Å²) < 4.78 is 0. The molecule has 1 saturated carbocycles. The third-order valence-electron chi connectivity index (χ3n) is 5.28. The highest BCUT2D eigenvalue weighted by Crippen LogP contribution is 2.30. The molecule has 0 spiro atoms. The summed E-state index contributed by atoms with van der Waals surface area (Å²) in [5.74, 6) is 0.0277. The number of amides is 1. The van der Waals surface area contributed by atoms with E-state index >= 15 is 0 Å². The number of carboxylic acid groups (broad SMARTS) is 1. The van der Waals surface area contributed by atoms with Crippen molar-refractivity contribution < 1.29 is 14.7 Å². The van der Waals surface area contributed by atoms with Crippen LogP contribution in [0.25, 0.3) is 0 Å². The van der Waals surface area contributed by atoms with Crippen molar-refractivity contribution in [3.05, 3.63) is 35.4 Å². The third kappa shape index (κ3) is 5.36. The zero-order valence-corrected chi connectivity index (χ0v) is 14.8. The summed E-state index contributed by atoms with van der Waals surface area (Å²) in [6.07, 6.45) is 5.23. The van der Waals surface area contributed by atoms with E-state index in [2.05, 4.69) is 24.4 Å². The van der Waals surface area contributed by atoms with Crippen molar-refractivity contribution in [2.45, 2.75) is 58.3 Å². The van der Waals surface area contributed by atoms with Gasteiger partial charge in [-0.15, -0.1) is 0 Å². The third-order valence-corrected chi connectivity index (χ3v) is 5.28. The van der Waals surface area contributed by atoms with Gasteiger partial charge in [0.05, 0.1) is 5.92 Å². The van der Waals surface area contributed by atoms with E-state index in [1.54, 1.807) is 0 Å². The van der Waals surface area contributed by atoms with Crippen molar-refractivity contribution in [1.82, 2.24) is 5.32 Å². The summed E-state index contributed by atoms with van der Waals surface area (Å²) in [6.45, 7) is 4.77. The fraction of sp³-hybridized carbons (Fsp3) is 0.600. The molecule has 1 aliphatic rings. The van der Waals surface area contributed by atoms with E-state index in [0.29, 0.717) is 18.4 Å². The highest BCUT2D eigenvalue weighted by molar-refractivity contribution is 5.83. The summed E-state index contributed by atoms with van der Waals surface area (Å²) in [7, 11) is 0. The molecular formula is C20H29NO3. The number of hydrogen-bond acceptors (Lipinski definition) is 2. The molecular weight excluding hydrogens is 302 g/mol. The number of benzene rings is 1. The molecule has 24 heavy (non-hydrogen) atoms. The predicted molar refractivity (Wildman–Crippen MR) is 94.9 cm³/mol. The topological polar surface area (TPSA) is 66.4 Å². The van der Waals surface area contributed by atoms with Crippen LogP contribution in [0.4, 0.5) is 0 Å². The van der Waals surface area contributed by atoms with Crippen molar-refractivity contribution in [1.29, 1.82) is 0 Å². The smallest absolute Gasteiger partial charge is 0.303 e. The van der Waals surface area contributed by atoms with E-state index in [9.17, 15) is 9.59 Å². The predicted octanol–water partition coefficient (Wildman–Crippen LogP) is 3.75. The van der Waals surface area contributed by atoms with E-state index in [-0.39, 0.29) is 18.2 Å². The minimum atomic E-state index is -0.699. The molecule has 4 heteroatoms. The van der Waals surface area contributed by atoms with E-state index in [1.165, 1.54) is 5.56 Å². The first-order valence-electron chi connectivity index (χ1n) is 9.08. The van der Waals surface area contributed by atoms with E-state index in [0.717, 1.165) is 37.7 Å². The van der Waals surface area contributed by atoms with Crippen molar-refractivity contribution in [3.8, 4) is 0 Å². The summed E-state index contributed by atoms with van der Waals surface area (Å²) in [5, 5.41) is 11.9. The number of hydrogen-bond donors (Lipinski definition) is 2. The number of carboxylic acids is 1. The standard InChI is InChI=1S/C20H29NO3/c1-3-15-8-10-18(11-9-15)14(2)20(24)21-13-17-6-4-16(5-7-17)12-19(22)23/h8-11,14,16-17H,3-7,12-13H2,1-2H3,(H,21,24)(H,22,23). The zero-order valence-electron chi connectivity index (χ0n) is 14.8. The Morgan fingerprint density at radius 1 is 1.12 bits per heavy atom. The molecule has 1 atom stereocenters. The van der Waals surface area contributed by atoms with Gasteiger partial charge in [0, 0.05) is 13.0 Å². The summed E-state index contributed by atoms with van der Waals surface area (Å²) in [5.41, 5.74) is 2.33. The first kappa shape index (κ1) is 18.5. The lowest BCUT2D eigenvalue weighted by molar-refractivity contribution is -0.138.